The normalized spacial score (nSPS) is 14.7. The summed E-state index contributed by atoms with van der Waals surface area (Å²) in [5.74, 6) is 0.591. The average molecular weight is 397 g/mol. The van der Waals surface area contributed by atoms with Crippen molar-refractivity contribution in [3.05, 3.63) is 42.4 Å². The molecule has 156 valence electrons. The number of hydrogen-bond donors (Lipinski definition) is 1. The molecule has 0 spiro atoms. The summed E-state index contributed by atoms with van der Waals surface area (Å²) in [5.41, 5.74) is 2.34. The van der Waals surface area contributed by atoms with Crippen molar-refractivity contribution in [2.45, 2.75) is 26.7 Å². The van der Waals surface area contributed by atoms with Crippen molar-refractivity contribution in [1.29, 1.82) is 0 Å². The molecule has 0 radical (unpaired) electrons. The van der Waals surface area contributed by atoms with Crippen LogP contribution in [0, 0.1) is 0 Å². The number of hydrogen-bond acceptors (Lipinski definition) is 6. The first-order chi connectivity index (χ1) is 14.1. The molecule has 0 saturated carbocycles. The van der Waals surface area contributed by atoms with Crippen LogP contribution in [0.15, 0.2) is 36.7 Å². The van der Waals surface area contributed by atoms with Gasteiger partial charge in [-0.3, -0.25) is 4.79 Å². The summed E-state index contributed by atoms with van der Waals surface area (Å²) in [6.45, 7) is 10.3. The van der Waals surface area contributed by atoms with Gasteiger partial charge < -0.3 is 20.0 Å². The summed E-state index contributed by atoms with van der Waals surface area (Å²) < 4.78 is 0. The lowest BCUT2D eigenvalue weighted by Gasteiger charge is -2.34. The number of carbonyl (C=O) groups excluding carboxylic acids is 1. The third-order valence-corrected chi connectivity index (χ3v) is 5.19. The van der Waals surface area contributed by atoms with Gasteiger partial charge in [-0.05, 0) is 44.2 Å². The topological polar surface area (TPSA) is 64.6 Å². The van der Waals surface area contributed by atoms with Gasteiger partial charge in [0.1, 0.15) is 17.8 Å². The highest BCUT2D eigenvalue weighted by molar-refractivity contribution is 6.03. The highest BCUT2D eigenvalue weighted by atomic mass is 16.1. The summed E-state index contributed by atoms with van der Waals surface area (Å²) in [4.78, 5) is 28.1. The number of likely N-dealkylation sites (N-methyl/N-ethyl adjacent to an activating group) is 1. The SMILES string of the molecule is CCCN(CCC)c1cc(C(=O)Nc2ccc(N3CCN(C)CC3)cc2)ncn1. The van der Waals surface area contributed by atoms with E-state index in [2.05, 4.69) is 63.0 Å². The minimum absolute atomic E-state index is 0.214. The van der Waals surface area contributed by atoms with Crippen LogP contribution >= 0.6 is 0 Å². The molecule has 29 heavy (non-hydrogen) atoms. The number of piperazine rings is 1. The van der Waals surface area contributed by atoms with Crippen molar-refractivity contribution in [2.24, 2.45) is 0 Å². The maximum atomic E-state index is 12.7. The van der Waals surface area contributed by atoms with Gasteiger partial charge in [0.25, 0.3) is 5.91 Å². The number of rotatable bonds is 8. The van der Waals surface area contributed by atoms with Crippen LogP contribution in [0.4, 0.5) is 17.2 Å². The van der Waals surface area contributed by atoms with E-state index in [9.17, 15) is 4.79 Å². The van der Waals surface area contributed by atoms with Gasteiger partial charge in [-0.25, -0.2) is 9.97 Å². The minimum Gasteiger partial charge on any atom is -0.369 e. The maximum Gasteiger partial charge on any atom is 0.274 e. The molecule has 1 aromatic heterocycles. The Hall–Kier alpha value is -2.67. The van der Waals surface area contributed by atoms with E-state index in [4.69, 9.17) is 0 Å². The monoisotopic (exact) mass is 396 g/mol. The van der Waals surface area contributed by atoms with E-state index in [1.165, 1.54) is 12.0 Å². The van der Waals surface area contributed by atoms with Gasteiger partial charge >= 0.3 is 0 Å². The van der Waals surface area contributed by atoms with Crippen LogP contribution in [0.5, 0.6) is 0 Å². The molecule has 0 bridgehead atoms. The lowest BCUT2D eigenvalue weighted by molar-refractivity contribution is 0.102. The second kappa shape index (κ2) is 10.2. The molecule has 0 aliphatic carbocycles. The van der Waals surface area contributed by atoms with Crippen molar-refractivity contribution in [3.8, 4) is 0 Å². The molecule has 2 heterocycles. The van der Waals surface area contributed by atoms with Gasteiger partial charge in [-0.15, -0.1) is 0 Å². The molecule has 1 fully saturated rings. The van der Waals surface area contributed by atoms with E-state index in [1.807, 2.05) is 12.1 Å². The fourth-order valence-corrected chi connectivity index (χ4v) is 3.54. The van der Waals surface area contributed by atoms with Crippen LogP contribution in [0.3, 0.4) is 0 Å². The molecule has 1 aromatic carbocycles. The average Bonchev–Trinajstić information content (AvgIpc) is 2.75. The smallest absolute Gasteiger partial charge is 0.274 e. The molecule has 7 heteroatoms. The molecule has 2 aromatic rings. The molecule has 1 saturated heterocycles. The van der Waals surface area contributed by atoms with Gasteiger partial charge in [0.2, 0.25) is 0 Å². The van der Waals surface area contributed by atoms with Gasteiger partial charge in [-0.1, -0.05) is 13.8 Å². The molecule has 3 rings (SSSR count). The Bertz CT molecular complexity index is 780. The predicted octanol–water partition coefficient (Wildman–Crippen LogP) is 3.11. The molecule has 0 unspecified atom stereocenters. The van der Waals surface area contributed by atoms with E-state index in [0.717, 1.165) is 63.6 Å². The third kappa shape index (κ3) is 5.67. The Morgan fingerprint density at radius 3 is 2.31 bits per heavy atom. The molecule has 1 amide bonds. The second-order valence-corrected chi connectivity index (χ2v) is 7.54. The molecule has 1 aliphatic heterocycles. The zero-order chi connectivity index (χ0) is 20.6. The molecular formula is C22H32N6O. The van der Waals surface area contributed by atoms with Gasteiger partial charge in [0, 0.05) is 56.7 Å². The first-order valence-electron chi connectivity index (χ1n) is 10.5. The summed E-state index contributed by atoms with van der Waals surface area (Å²) in [5, 5.41) is 2.95. The number of amides is 1. The molecule has 1 aliphatic rings. The number of nitrogens with zero attached hydrogens (tertiary/aromatic N) is 5. The molecular weight excluding hydrogens is 364 g/mol. The van der Waals surface area contributed by atoms with E-state index >= 15 is 0 Å². The highest BCUT2D eigenvalue weighted by Crippen LogP contribution is 2.20. The lowest BCUT2D eigenvalue weighted by Crippen LogP contribution is -2.44. The first kappa shape index (κ1) is 21.0. The largest absolute Gasteiger partial charge is 0.369 e. The second-order valence-electron chi connectivity index (χ2n) is 7.54. The summed E-state index contributed by atoms with van der Waals surface area (Å²) in [6.07, 6.45) is 3.54. The van der Waals surface area contributed by atoms with E-state index in [1.54, 1.807) is 6.07 Å². The number of anilines is 3. The van der Waals surface area contributed by atoms with Crippen molar-refractivity contribution < 1.29 is 4.79 Å². The number of nitrogens with one attached hydrogen (secondary N) is 1. The van der Waals surface area contributed by atoms with Crippen LogP contribution in [0.2, 0.25) is 0 Å². The Morgan fingerprint density at radius 1 is 1.03 bits per heavy atom. The van der Waals surface area contributed by atoms with Crippen LogP contribution in [-0.2, 0) is 0 Å². The summed E-state index contributed by atoms with van der Waals surface area (Å²) >= 11 is 0. The third-order valence-electron chi connectivity index (χ3n) is 5.19. The number of benzene rings is 1. The number of aromatic nitrogens is 2. The van der Waals surface area contributed by atoms with Crippen LogP contribution in [0.1, 0.15) is 37.2 Å². The van der Waals surface area contributed by atoms with E-state index in [0.29, 0.717) is 5.69 Å². The summed E-state index contributed by atoms with van der Waals surface area (Å²) in [7, 11) is 2.15. The zero-order valence-electron chi connectivity index (χ0n) is 17.8. The van der Waals surface area contributed by atoms with Crippen molar-refractivity contribution in [1.82, 2.24) is 14.9 Å². The molecule has 7 nitrogen and oxygen atoms in total. The zero-order valence-corrected chi connectivity index (χ0v) is 17.8. The standard InChI is InChI=1S/C22H32N6O/c1-4-10-28(11-5-2)21-16-20(23-17-24-21)22(29)25-18-6-8-19(9-7-18)27-14-12-26(3)13-15-27/h6-9,16-17H,4-5,10-15H2,1-3H3,(H,25,29). The fourth-order valence-electron chi connectivity index (χ4n) is 3.54. The fraction of sp³-hybridized carbons (Fsp3) is 0.500. The maximum absolute atomic E-state index is 12.7. The van der Waals surface area contributed by atoms with E-state index in [-0.39, 0.29) is 5.91 Å². The van der Waals surface area contributed by atoms with Crippen LogP contribution in [0.25, 0.3) is 0 Å². The Morgan fingerprint density at radius 2 is 1.69 bits per heavy atom. The van der Waals surface area contributed by atoms with Crippen LogP contribution in [-0.4, -0.2) is 67.1 Å². The van der Waals surface area contributed by atoms with E-state index < -0.39 is 0 Å². The first-order valence-corrected chi connectivity index (χ1v) is 10.5. The van der Waals surface area contributed by atoms with Crippen molar-refractivity contribution in [3.63, 3.8) is 0 Å². The summed E-state index contributed by atoms with van der Waals surface area (Å²) in [6, 6.07) is 9.81. The predicted molar refractivity (Wildman–Crippen MR) is 119 cm³/mol. The Balaban J connectivity index is 1.64. The van der Waals surface area contributed by atoms with Gasteiger partial charge in [-0.2, -0.15) is 0 Å². The lowest BCUT2D eigenvalue weighted by atomic mass is 10.2. The van der Waals surface area contributed by atoms with Crippen molar-refractivity contribution in [2.75, 3.05) is 61.4 Å². The molecule has 0 atom stereocenters. The van der Waals surface area contributed by atoms with Gasteiger partial charge in [0.15, 0.2) is 0 Å². The number of carbonyl (C=O) groups is 1. The highest BCUT2D eigenvalue weighted by Gasteiger charge is 2.15. The minimum atomic E-state index is -0.214. The van der Waals surface area contributed by atoms with Gasteiger partial charge in [0.05, 0.1) is 0 Å². The van der Waals surface area contributed by atoms with Crippen molar-refractivity contribution >= 4 is 23.1 Å². The Kier molecular flexibility index (Phi) is 7.41. The Labute approximate surface area is 173 Å². The molecule has 1 N–H and O–H groups in total. The van der Waals surface area contributed by atoms with Crippen LogP contribution < -0.4 is 15.1 Å². The quantitative estimate of drug-likeness (QED) is 0.740.